The SMILES string of the molecule is CN(C)c1nc2c(c(N3CCC(O)CC3)n1)CN(CCC1COCCO1)CC2. The Morgan fingerprint density at radius 3 is 2.68 bits per heavy atom. The summed E-state index contributed by atoms with van der Waals surface area (Å²) in [4.78, 5) is 16.5. The molecule has 1 unspecified atom stereocenters. The first kappa shape index (κ1) is 19.8. The highest BCUT2D eigenvalue weighted by atomic mass is 16.6. The molecule has 0 spiro atoms. The van der Waals surface area contributed by atoms with Crippen molar-refractivity contribution in [3.05, 3.63) is 11.3 Å². The third-order valence-corrected chi connectivity index (χ3v) is 5.92. The quantitative estimate of drug-likeness (QED) is 0.785. The van der Waals surface area contributed by atoms with Crippen LogP contribution in [0, 0.1) is 0 Å². The molecule has 4 heterocycles. The molecule has 0 amide bonds. The van der Waals surface area contributed by atoms with Gasteiger partial charge in [0.2, 0.25) is 5.95 Å². The van der Waals surface area contributed by atoms with E-state index in [9.17, 15) is 5.11 Å². The van der Waals surface area contributed by atoms with Gasteiger partial charge in [0, 0.05) is 58.8 Å². The van der Waals surface area contributed by atoms with Gasteiger partial charge in [-0.2, -0.15) is 4.98 Å². The molecule has 1 aromatic heterocycles. The molecule has 0 aromatic carbocycles. The zero-order valence-electron chi connectivity index (χ0n) is 17.1. The predicted octanol–water partition coefficient (Wildman–Crippen LogP) is 0.667. The minimum atomic E-state index is -0.184. The second-order valence-corrected chi connectivity index (χ2v) is 8.27. The maximum absolute atomic E-state index is 9.89. The lowest BCUT2D eigenvalue weighted by molar-refractivity contribution is -0.0929. The van der Waals surface area contributed by atoms with E-state index >= 15 is 0 Å². The van der Waals surface area contributed by atoms with Gasteiger partial charge in [-0.25, -0.2) is 4.98 Å². The van der Waals surface area contributed by atoms with Crippen molar-refractivity contribution < 1.29 is 14.6 Å². The first-order valence-corrected chi connectivity index (χ1v) is 10.5. The van der Waals surface area contributed by atoms with Gasteiger partial charge >= 0.3 is 0 Å². The topological polar surface area (TPSA) is 74.2 Å². The van der Waals surface area contributed by atoms with E-state index in [2.05, 4.69) is 9.80 Å². The lowest BCUT2D eigenvalue weighted by atomic mass is 10.0. The van der Waals surface area contributed by atoms with Crippen LogP contribution in [0.15, 0.2) is 0 Å². The molecule has 1 aromatic rings. The second kappa shape index (κ2) is 8.90. The number of hydrogen-bond acceptors (Lipinski definition) is 8. The number of nitrogens with zero attached hydrogens (tertiary/aromatic N) is 5. The summed E-state index contributed by atoms with van der Waals surface area (Å²) in [6.07, 6.45) is 3.58. The maximum Gasteiger partial charge on any atom is 0.227 e. The Balaban J connectivity index is 1.49. The fourth-order valence-electron chi connectivity index (χ4n) is 4.20. The van der Waals surface area contributed by atoms with Crippen molar-refractivity contribution in [2.45, 2.75) is 44.4 Å². The van der Waals surface area contributed by atoms with Crippen molar-refractivity contribution >= 4 is 11.8 Å². The van der Waals surface area contributed by atoms with E-state index in [0.717, 1.165) is 70.2 Å². The normalized spacial score (nSPS) is 24.2. The van der Waals surface area contributed by atoms with E-state index in [1.54, 1.807) is 0 Å². The summed E-state index contributed by atoms with van der Waals surface area (Å²) in [5.74, 6) is 1.84. The van der Waals surface area contributed by atoms with Gasteiger partial charge in [0.25, 0.3) is 0 Å². The predicted molar refractivity (Wildman–Crippen MR) is 108 cm³/mol. The molecule has 2 saturated heterocycles. The molecule has 0 aliphatic carbocycles. The van der Waals surface area contributed by atoms with Crippen LogP contribution in [0.5, 0.6) is 0 Å². The van der Waals surface area contributed by atoms with Gasteiger partial charge in [-0.3, -0.25) is 4.90 Å². The fraction of sp³-hybridized carbons (Fsp3) is 0.800. The number of ether oxygens (including phenoxy) is 2. The average molecular weight is 392 g/mol. The summed E-state index contributed by atoms with van der Waals surface area (Å²) in [5, 5.41) is 9.89. The van der Waals surface area contributed by atoms with Crippen molar-refractivity contribution in [1.29, 1.82) is 0 Å². The first-order chi connectivity index (χ1) is 13.6. The summed E-state index contributed by atoms with van der Waals surface area (Å²) in [6, 6.07) is 0. The largest absolute Gasteiger partial charge is 0.393 e. The lowest BCUT2D eigenvalue weighted by Gasteiger charge is -2.36. The van der Waals surface area contributed by atoms with Gasteiger partial charge in [-0.15, -0.1) is 0 Å². The number of piperidine rings is 1. The van der Waals surface area contributed by atoms with E-state index in [-0.39, 0.29) is 12.2 Å². The first-order valence-electron chi connectivity index (χ1n) is 10.5. The average Bonchev–Trinajstić information content (AvgIpc) is 2.72. The van der Waals surface area contributed by atoms with Gasteiger partial charge in [-0.05, 0) is 19.3 Å². The van der Waals surface area contributed by atoms with Crippen LogP contribution >= 0.6 is 0 Å². The van der Waals surface area contributed by atoms with E-state index in [1.165, 1.54) is 11.3 Å². The summed E-state index contributed by atoms with van der Waals surface area (Å²) >= 11 is 0. The van der Waals surface area contributed by atoms with Gasteiger partial charge in [-0.1, -0.05) is 0 Å². The Bertz CT molecular complexity index is 657. The minimum absolute atomic E-state index is 0.184. The molecule has 0 bridgehead atoms. The highest BCUT2D eigenvalue weighted by Gasteiger charge is 2.28. The Morgan fingerprint density at radius 2 is 1.96 bits per heavy atom. The van der Waals surface area contributed by atoms with Crippen LogP contribution < -0.4 is 9.80 Å². The molecule has 156 valence electrons. The van der Waals surface area contributed by atoms with Crippen molar-refractivity contribution in [2.24, 2.45) is 0 Å². The zero-order valence-corrected chi connectivity index (χ0v) is 17.1. The summed E-state index contributed by atoms with van der Waals surface area (Å²) in [5.41, 5.74) is 2.43. The summed E-state index contributed by atoms with van der Waals surface area (Å²) in [7, 11) is 3.99. The van der Waals surface area contributed by atoms with E-state index < -0.39 is 0 Å². The number of fused-ring (bicyclic) bond motifs is 1. The molecule has 4 rings (SSSR count). The van der Waals surface area contributed by atoms with Crippen molar-refractivity contribution in [2.75, 3.05) is 69.9 Å². The van der Waals surface area contributed by atoms with E-state index in [0.29, 0.717) is 19.8 Å². The third kappa shape index (κ3) is 4.56. The van der Waals surface area contributed by atoms with Crippen LogP contribution in [0.3, 0.4) is 0 Å². The Morgan fingerprint density at radius 1 is 1.14 bits per heavy atom. The molecule has 3 aliphatic rings. The standard InChI is InChI=1S/C20H33N5O3/c1-23(2)20-21-18-6-8-24(7-5-16-14-27-11-12-28-16)13-17(18)19(22-20)25-9-3-15(26)4-10-25/h15-16,26H,3-14H2,1-2H3. The molecule has 0 radical (unpaired) electrons. The third-order valence-electron chi connectivity index (χ3n) is 5.92. The fourth-order valence-corrected chi connectivity index (χ4v) is 4.20. The summed E-state index contributed by atoms with van der Waals surface area (Å²) < 4.78 is 11.3. The smallest absolute Gasteiger partial charge is 0.227 e. The van der Waals surface area contributed by atoms with Crippen LogP contribution in [-0.4, -0.2) is 92.3 Å². The Kier molecular flexibility index (Phi) is 6.30. The van der Waals surface area contributed by atoms with Crippen LogP contribution in [0.2, 0.25) is 0 Å². The number of anilines is 2. The van der Waals surface area contributed by atoms with E-state index in [4.69, 9.17) is 19.4 Å². The Labute approximate surface area is 167 Å². The summed E-state index contributed by atoms with van der Waals surface area (Å²) in [6.45, 7) is 6.73. The molecule has 0 saturated carbocycles. The van der Waals surface area contributed by atoms with Crippen molar-refractivity contribution in [3.63, 3.8) is 0 Å². The zero-order chi connectivity index (χ0) is 19.5. The molecule has 8 heteroatoms. The van der Waals surface area contributed by atoms with Crippen LogP contribution in [-0.2, 0) is 22.4 Å². The molecule has 28 heavy (non-hydrogen) atoms. The molecular formula is C20H33N5O3. The number of aliphatic hydroxyl groups excluding tert-OH is 1. The van der Waals surface area contributed by atoms with Gasteiger partial charge < -0.3 is 24.4 Å². The maximum atomic E-state index is 9.89. The molecular weight excluding hydrogens is 358 g/mol. The minimum Gasteiger partial charge on any atom is -0.393 e. The molecule has 1 atom stereocenters. The number of rotatable bonds is 5. The number of aromatic nitrogens is 2. The van der Waals surface area contributed by atoms with Crippen molar-refractivity contribution in [3.8, 4) is 0 Å². The highest BCUT2D eigenvalue weighted by molar-refractivity contribution is 5.54. The van der Waals surface area contributed by atoms with Gasteiger partial charge in [0.1, 0.15) is 5.82 Å². The Hall–Kier alpha value is -1.48. The monoisotopic (exact) mass is 391 g/mol. The van der Waals surface area contributed by atoms with E-state index in [1.807, 2.05) is 19.0 Å². The van der Waals surface area contributed by atoms with Gasteiger partial charge in [0.05, 0.1) is 37.7 Å². The molecule has 3 aliphatic heterocycles. The van der Waals surface area contributed by atoms with Crippen LogP contribution in [0.4, 0.5) is 11.8 Å². The number of aliphatic hydroxyl groups is 1. The highest BCUT2D eigenvalue weighted by Crippen LogP contribution is 2.30. The molecule has 2 fully saturated rings. The van der Waals surface area contributed by atoms with Crippen LogP contribution in [0.25, 0.3) is 0 Å². The number of hydrogen-bond donors (Lipinski definition) is 1. The van der Waals surface area contributed by atoms with Crippen LogP contribution in [0.1, 0.15) is 30.5 Å². The van der Waals surface area contributed by atoms with Gasteiger partial charge in [0.15, 0.2) is 0 Å². The lowest BCUT2D eigenvalue weighted by Crippen LogP contribution is -2.40. The second-order valence-electron chi connectivity index (χ2n) is 8.27. The molecule has 1 N–H and O–H groups in total. The van der Waals surface area contributed by atoms with Crippen molar-refractivity contribution in [1.82, 2.24) is 14.9 Å². The molecule has 8 nitrogen and oxygen atoms in total.